The van der Waals surface area contributed by atoms with Gasteiger partial charge in [0.15, 0.2) is 0 Å². The Morgan fingerprint density at radius 2 is 2.27 bits per heavy atom. The molecule has 0 fully saturated rings. The van der Waals surface area contributed by atoms with Crippen molar-refractivity contribution in [3.63, 3.8) is 0 Å². The van der Waals surface area contributed by atoms with Gasteiger partial charge in [0.2, 0.25) is 10.0 Å². The van der Waals surface area contributed by atoms with Gasteiger partial charge in [-0.25, -0.2) is 18.1 Å². The molecule has 0 aliphatic heterocycles. The van der Waals surface area contributed by atoms with Crippen LogP contribution in [0.25, 0.3) is 0 Å². The largest absolute Gasteiger partial charge is 0.396 e. The lowest BCUT2D eigenvalue weighted by atomic mass is 10.4. The first-order chi connectivity index (χ1) is 7.14. The molecule has 0 amide bonds. The standard InChI is InChI=1S/C7H14N4O3S/c12-3-1-2-4-15(13,14)10-5-7-8-6-9-11-7/h6,10,12H,1-5H2,(H,8,9,11). The van der Waals surface area contributed by atoms with Crippen LogP contribution in [0.4, 0.5) is 0 Å². The van der Waals surface area contributed by atoms with Gasteiger partial charge in [-0.1, -0.05) is 0 Å². The number of nitrogens with zero attached hydrogens (tertiary/aromatic N) is 2. The number of rotatable bonds is 7. The van der Waals surface area contributed by atoms with Crippen LogP contribution >= 0.6 is 0 Å². The lowest BCUT2D eigenvalue weighted by molar-refractivity contribution is 0.287. The first-order valence-electron chi connectivity index (χ1n) is 4.56. The molecule has 8 heteroatoms. The van der Waals surface area contributed by atoms with Gasteiger partial charge in [0, 0.05) is 6.61 Å². The summed E-state index contributed by atoms with van der Waals surface area (Å²) >= 11 is 0. The Morgan fingerprint density at radius 1 is 1.47 bits per heavy atom. The van der Waals surface area contributed by atoms with E-state index in [2.05, 4.69) is 19.9 Å². The molecule has 86 valence electrons. The second-order valence-corrected chi connectivity index (χ2v) is 4.93. The lowest BCUT2D eigenvalue weighted by Gasteiger charge is -2.03. The molecule has 0 aliphatic carbocycles. The van der Waals surface area contributed by atoms with Crippen molar-refractivity contribution < 1.29 is 13.5 Å². The molecule has 0 atom stereocenters. The first-order valence-corrected chi connectivity index (χ1v) is 6.22. The third kappa shape index (κ3) is 4.86. The molecule has 15 heavy (non-hydrogen) atoms. The summed E-state index contributed by atoms with van der Waals surface area (Å²) in [6, 6.07) is 0. The van der Waals surface area contributed by atoms with Crippen molar-refractivity contribution in [1.82, 2.24) is 19.9 Å². The maximum absolute atomic E-state index is 11.3. The smallest absolute Gasteiger partial charge is 0.212 e. The van der Waals surface area contributed by atoms with Gasteiger partial charge in [-0.15, -0.1) is 0 Å². The third-order valence-electron chi connectivity index (χ3n) is 1.75. The topological polar surface area (TPSA) is 108 Å². The zero-order chi connectivity index (χ0) is 11.1. The molecule has 0 bridgehead atoms. The van der Waals surface area contributed by atoms with Crippen LogP contribution in [0.1, 0.15) is 18.7 Å². The maximum Gasteiger partial charge on any atom is 0.212 e. The summed E-state index contributed by atoms with van der Waals surface area (Å²) in [6.07, 6.45) is 2.25. The molecule has 0 saturated heterocycles. The molecule has 0 radical (unpaired) electrons. The Bertz CT molecular complexity index is 362. The van der Waals surface area contributed by atoms with Crippen LogP contribution in [0.15, 0.2) is 6.33 Å². The number of hydrogen-bond acceptors (Lipinski definition) is 5. The summed E-state index contributed by atoms with van der Waals surface area (Å²) < 4.78 is 25.1. The van der Waals surface area contributed by atoms with Crippen LogP contribution < -0.4 is 4.72 Å². The highest BCUT2D eigenvalue weighted by Crippen LogP contribution is 1.95. The summed E-state index contributed by atoms with van der Waals surface area (Å²) in [6.45, 7) is 0.124. The van der Waals surface area contributed by atoms with Gasteiger partial charge in [-0.05, 0) is 12.8 Å². The molecule has 1 heterocycles. The normalized spacial score (nSPS) is 11.8. The Balaban J connectivity index is 2.30. The molecule has 3 N–H and O–H groups in total. The van der Waals surface area contributed by atoms with Crippen LogP contribution in [-0.4, -0.2) is 41.1 Å². The summed E-state index contributed by atoms with van der Waals surface area (Å²) in [5.41, 5.74) is 0. The fourth-order valence-corrected chi connectivity index (χ4v) is 2.06. The average molecular weight is 234 g/mol. The number of aromatic nitrogens is 3. The van der Waals surface area contributed by atoms with Gasteiger partial charge < -0.3 is 5.11 Å². The Hall–Kier alpha value is -0.990. The highest BCUT2D eigenvalue weighted by Gasteiger charge is 2.09. The summed E-state index contributed by atoms with van der Waals surface area (Å²) in [5.74, 6) is 0.488. The molecule has 1 aromatic rings. The van der Waals surface area contributed by atoms with Gasteiger partial charge >= 0.3 is 0 Å². The molecule has 1 aromatic heterocycles. The summed E-state index contributed by atoms with van der Waals surface area (Å²) in [5, 5.41) is 14.6. The van der Waals surface area contributed by atoms with E-state index >= 15 is 0 Å². The van der Waals surface area contributed by atoms with Crippen LogP contribution in [0.3, 0.4) is 0 Å². The van der Waals surface area contributed by atoms with E-state index in [0.717, 1.165) is 0 Å². The summed E-state index contributed by atoms with van der Waals surface area (Å²) in [4.78, 5) is 3.78. The zero-order valence-electron chi connectivity index (χ0n) is 8.18. The quantitative estimate of drug-likeness (QED) is 0.524. The molecule has 0 aliphatic rings. The van der Waals surface area contributed by atoms with E-state index in [-0.39, 0.29) is 18.9 Å². The number of hydrogen-bond donors (Lipinski definition) is 3. The summed E-state index contributed by atoms with van der Waals surface area (Å²) in [7, 11) is -3.28. The average Bonchev–Trinajstić information content (AvgIpc) is 2.68. The van der Waals surface area contributed by atoms with E-state index in [1.165, 1.54) is 6.33 Å². The van der Waals surface area contributed by atoms with E-state index in [1.54, 1.807) is 0 Å². The second kappa shape index (κ2) is 5.79. The van der Waals surface area contributed by atoms with Crippen molar-refractivity contribution in [1.29, 1.82) is 0 Å². The van der Waals surface area contributed by atoms with Gasteiger partial charge in [0.25, 0.3) is 0 Å². The minimum atomic E-state index is -3.28. The van der Waals surface area contributed by atoms with Crippen molar-refractivity contribution in [2.45, 2.75) is 19.4 Å². The van der Waals surface area contributed by atoms with Gasteiger partial charge in [0.05, 0.1) is 12.3 Å². The van der Waals surface area contributed by atoms with Crippen molar-refractivity contribution in [2.75, 3.05) is 12.4 Å². The molecular weight excluding hydrogens is 220 g/mol. The van der Waals surface area contributed by atoms with Crippen molar-refractivity contribution >= 4 is 10.0 Å². The molecule has 0 unspecified atom stereocenters. The Morgan fingerprint density at radius 3 is 2.87 bits per heavy atom. The number of nitrogens with one attached hydrogen (secondary N) is 2. The van der Waals surface area contributed by atoms with Gasteiger partial charge in [-0.3, -0.25) is 5.10 Å². The Labute approximate surface area is 88.0 Å². The zero-order valence-corrected chi connectivity index (χ0v) is 9.00. The number of unbranched alkanes of at least 4 members (excludes halogenated alkanes) is 1. The number of H-pyrrole nitrogens is 1. The first kappa shape index (κ1) is 12.1. The van der Waals surface area contributed by atoms with E-state index < -0.39 is 10.0 Å². The third-order valence-corrected chi connectivity index (χ3v) is 3.16. The van der Waals surface area contributed by atoms with Gasteiger partial charge in [-0.2, -0.15) is 5.10 Å². The Kier molecular flexibility index (Phi) is 4.66. The SMILES string of the molecule is O=S(=O)(CCCCO)NCc1ncn[nH]1. The van der Waals surface area contributed by atoms with Crippen LogP contribution in [0.5, 0.6) is 0 Å². The number of aliphatic hydroxyl groups is 1. The molecule has 1 rings (SSSR count). The molecule has 0 spiro atoms. The predicted molar refractivity (Wildman–Crippen MR) is 53.3 cm³/mol. The van der Waals surface area contributed by atoms with E-state index in [4.69, 9.17) is 5.11 Å². The highest BCUT2D eigenvalue weighted by atomic mass is 32.2. The van der Waals surface area contributed by atoms with Crippen molar-refractivity contribution in [2.24, 2.45) is 0 Å². The van der Waals surface area contributed by atoms with E-state index in [0.29, 0.717) is 18.7 Å². The van der Waals surface area contributed by atoms with E-state index in [1.807, 2.05) is 0 Å². The van der Waals surface area contributed by atoms with Crippen molar-refractivity contribution in [3.05, 3.63) is 12.2 Å². The molecular formula is C7H14N4O3S. The predicted octanol–water partition coefficient (Wildman–Crippen LogP) is -1.00. The fraction of sp³-hybridized carbons (Fsp3) is 0.714. The molecule has 7 nitrogen and oxygen atoms in total. The second-order valence-electron chi connectivity index (χ2n) is 3.00. The minimum absolute atomic E-state index is 0.0115. The lowest BCUT2D eigenvalue weighted by Crippen LogP contribution is -2.26. The molecule has 0 saturated carbocycles. The number of sulfonamides is 1. The van der Waals surface area contributed by atoms with Crippen LogP contribution in [0, 0.1) is 0 Å². The van der Waals surface area contributed by atoms with E-state index in [9.17, 15) is 8.42 Å². The fourth-order valence-electron chi connectivity index (χ4n) is 0.970. The molecule has 0 aromatic carbocycles. The van der Waals surface area contributed by atoms with Gasteiger partial charge in [0.1, 0.15) is 12.2 Å². The monoisotopic (exact) mass is 234 g/mol. The minimum Gasteiger partial charge on any atom is -0.396 e. The van der Waals surface area contributed by atoms with Crippen LogP contribution in [0.2, 0.25) is 0 Å². The number of aromatic amines is 1. The van der Waals surface area contributed by atoms with Crippen molar-refractivity contribution in [3.8, 4) is 0 Å². The maximum atomic E-state index is 11.3. The number of aliphatic hydroxyl groups excluding tert-OH is 1. The van der Waals surface area contributed by atoms with Crippen LogP contribution in [-0.2, 0) is 16.6 Å². The highest BCUT2D eigenvalue weighted by molar-refractivity contribution is 7.89.